The highest BCUT2D eigenvalue weighted by Crippen LogP contribution is 2.27. The third kappa shape index (κ3) is 7.25. The highest BCUT2D eigenvalue weighted by Gasteiger charge is 2.36. The number of aromatic nitrogens is 1. The molecule has 33 heavy (non-hydrogen) atoms. The van der Waals surface area contributed by atoms with Crippen LogP contribution in [0, 0.1) is 3.57 Å². The van der Waals surface area contributed by atoms with Crippen molar-refractivity contribution in [1.29, 1.82) is 0 Å². The van der Waals surface area contributed by atoms with Crippen LogP contribution in [0.5, 0.6) is 0 Å². The van der Waals surface area contributed by atoms with Crippen molar-refractivity contribution in [3.63, 3.8) is 0 Å². The van der Waals surface area contributed by atoms with E-state index in [-0.39, 0.29) is 18.4 Å². The zero-order chi connectivity index (χ0) is 24.0. The smallest absolute Gasteiger partial charge is 0.258 e. The number of allylic oxidation sites excluding steroid dienone is 1. The van der Waals surface area contributed by atoms with Crippen LogP contribution < -0.4 is 0 Å². The third-order valence-electron chi connectivity index (χ3n) is 5.72. The number of carbonyl (C=O) groups excluding carboxylic acids is 2. The summed E-state index contributed by atoms with van der Waals surface area (Å²) in [5.74, 6) is -0.0941. The lowest BCUT2D eigenvalue weighted by Crippen LogP contribution is -2.52. The van der Waals surface area contributed by atoms with Gasteiger partial charge in [0.25, 0.3) is 5.91 Å². The lowest BCUT2D eigenvalue weighted by atomic mass is 9.90. The van der Waals surface area contributed by atoms with Crippen molar-refractivity contribution in [1.82, 2.24) is 14.8 Å². The molecule has 3 rings (SSSR count). The molecule has 1 aromatic carbocycles. The first-order valence-electron chi connectivity index (χ1n) is 11.0. The summed E-state index contributed by atoms with van der Waals surface area (Å²) >= 11 is 8.14. The second-order valence-corrected chi connectivity index (χ2v) is 10.3. The predicted molar refractivity (Wildman–Crippen MR) is 138 cm³/mol. The summed E-state index contributed by atoms with van der Waals surface area (Å²) in [6.07, 6.45) is 7.18. The van der Waals surface area contributed by atoms with Crippen LogP contribution in [-0.2, 0) is 11.2 Å². The maximum absolute atomic E-state index is 13.3. The van der Waals surface area contributed by atoms with Gasteiger partial charge < -0.3 is 14.9 Å². The molecule has 0 bridgehead atoms. The first kappa shape index (κ1) is 25.6. The van der Waals surface area contributed by atoms with Crippen LogP contribution in [0.1, 0.15) is 49.0 Å². The topological polar surface area (TPSA) is 73.7 Å². The largest absolute Gasteiger partial charge is 0.388 e. The fourth-order valence-electron chi connectivity index (χ4n) is 3.91. The quantitative estimate of drug-likeness (QED) is 0.482. The number of hydrogen-bond donors (Lipinski definition) is 1. The van der Waals surface area contributed by atoms with Gasteiger partial charge in [-0.2, -0.15) is 0 Å². The molecule has 8 heteroatoms. The lowest BCUT2D eigenvalue weighted by Gasteiger charge is -2.40. The molecule has 0 spiro atoms. The number of likely N-dealkylation sites (tertiary alicyclic amines) is 1. The number of rotatable bonds is 7. The zero-order valence-corrected chi connectivity index (χ0v) is 21.8. The number of piperidine rings is 1. The fourth-order valence-corrected chi connectivity index (χ4v) is 5.01. The van der Waals surface area contributed by atoms with Crippen LogP contribution in [0.4, 0.5) is 0 Å². The van der Waals surface area contributed by atoms with E-state index in [1.807, 2.05) is 30.9 Å². The third-order valence-corrected chi connectivity index (χ3v) is 6.85. The average Bonchev–Trinajstić information content (AvgIpc) is 2.77. The van der Waals surface area contributed by atoms with Crippen LogP contribution in [0.3, 0.4) is 0 Å². The van der Waals surface area contributed by atoms with Crippen molar-refractivity contribution >= 4 is 46.0 Å². The monoisotopic (exact) mass is 581 g/mol. The Kier molecular flexibility index (Phi) is 8.89. The standard InChI is InChI=1S/C25H29ClIN3O3/c1-18(2)16-30(24(32)21-5-4-20(26)15-22(21)27)17-25(33)9-13-29(14-10-25)23(31)6-3-19-7-11-28-12-8-19/h4-5,7-8,11-12,15-16,33H,3,6,9-10,13-14,17H2,1-2H3. The number of nitrogens with zero attached hydrogens (tertiary/aromatic N) is 3. The Bertz CT molecular complexity index is 1020. The van der Waals surface area contributed by atoms with Crippen LogP contribution in [-0.4, -0.2) is 56.9 Å². The van der Waals surface area contributed by atoms with Crippen LogP contribution >= 0.6 is 34.2 Å². The summed E-state index contributed by atoms with van der Waals surface area (Å²) in [7, 11) is 0. The molecule has 0 radical (unpaired) electrons. The summed E-state index contributed by atoms with van der Waals surface area (Å²) < 4.78 is 0.763. The normalized spacial score (nSPS) is 15.1. The van der Waals surface area contributed by atoms with E-state index in [2.05, 4.69) is 27.6 Å². The maximum atomic E-state index is 13.3. The van der Waals surface area contributed by atoms with E-state index >= 15 is 0 Å². The number of amides is 2. The van der Waals surface area contributed by atoms with Crippen LogP contribution in [0.15, 0.2) is 54.5 Å². The number of aliphatic hydroxyl groups is 1. The van der Waals surface area contributed by atoms with Crippen molar-refractivity contribution in [3.8, 4) is 0 Å². The molecule has 0 unspecified atom stereocenters. The predicted octanol–water partition coefficient (Wildman–Crippen LogP) is 4.69. The maximum Gasteiger partial charge on any atom is 0.258 e. The Morgan fingerprint density at radius 3 is 2.48 bits per heavy atom. The van der Waals surface area contributed by atoms with E-state index < -0.39 is 5.60 Å². The van der Waals surface area contributed by atoms with Gasteiger partial charge in [-0.15, -0.1) is 0 Å². The van der Waals surface area contributed by atoms with E-state index in [9.17, 15) is 14.7 Å². The summed E-state index contributed by atoms with van der Waals surface area (Å²) in [6, 6.07) is 8.99. The molecule has 2 heterocycles. The molecule has 0 atom stereocenters. The van der Waals surface area contributed by atoms with Gasteiger partial charge in [0.1, 0.15) is 0 Å². The minimum absolute atomic E-state index is 0.0850. The highest BCUT2D eigenvalue weighted by molar-refractivity contribution is 14.1. The molecule has 1 aliphatic heterocycles. The second kappa shape index (κ2) is 11.4. The molecule has 1 N–H and O–H groups in total. The molecular formula is C25H29ClIN3O3. The second-order valence-electron chi connectivity index (χ2n) is 8.72. The van der Waals surface area contributed by atoms with E-state index in [1.165, 1.54) is 0 Å². The van der Waals surface area contributed by atoms with Gasteiger partial charge in [0.05, 0.1) is 17.7 Å². The zero-order valence-electron chi connectivity index (χ0n) is 18.9. The van der Waals surface area contributed by atoms with Crippen LogP contribution in [0.25, 0.3) is 0 Å². The SMILES string of the molecule is CC(C)=CN(CC1(O)CCN(C(=O)CCc2ccncc2)CC1)C(=O)c1ccc(Cl)cc1I. The van der Waals surface area contributed by atoms with Crippen molar-refractivity contribution in [3.05, 3.63) is 74.2 Å². The summed E-state index contributed by atoms with van der Waals surface area (Å²) in [5, 5.41) is 11.9. The molecule has 1 aromatic heterocycles. The van der Waals surface area contributed by atoms with Crippen molar-refractivity contribution < 1.29 is 14.7 Å². The number of hydrogen-bond acceptors (Lipinski definition) is 4. The molecule has 1 fully saturated rings. The number of pyridine rings is 1. The number of aryl methyl sites for hydroxylation is 1. The highest BCUT2D eigenvalue weighted by atomic mass is 127. The Hall–Kier alpha value is -1.97. The molecule has 0 aliphatic carbocycles. The van der Waals surface area contributed by atoms with Gasteiger partial charge in [0.15, 0.2) is 0 Å². The van der Waals surface area contributed by atoms with Crippen molar-refractivity contribution in [2.75, 3.05) is 19.6 Å². The van der Waals surface area contributed by atoms with Crippen LogP contribution in [0.2, 0.25) is 5.02 Å². The molecule has 176 valence electrons. The first-order valence-corrected chi connectivity index (χ1v) is 12.4. The van der Waals surface area contributed by atoms with Gasteiger partial charge in [0.2, 0.25) is 5.91 Å². The Balaban J connectivity index is 1.62. The van der Waals surface area contributed by atoms with E-state index in [4.69, 9.17) is 11.6 Å². The molecule has 1 aliphatic rings. The minimum Gasteiger partial charge on any atom is -0.388 e. The molecule has 6 nitrogen and oxygen atoms in total. The Morgan fingerprint density at radius 2 is 1.88 bits per heavy atom. The molecule has 0 saturated carbocycles. The molecule has 1 saturated heterocycles. The summed E-state index contributed by atoms with van der Waals surface area (Å²) in [6.45, 7) is 4.96. The molecular weight excluding hydrogens is 553 g/mol. The van der Waals surface area contributed by atoms with E-state index in [0.29, 0.717) is 49.4 Å². The van der Waals surface area contributed by atoms with Gasteiger partial charge in [-0.25, -0.2) is 0 Å². The first-order chi connectivity index (χ1) is 15.7. The van der Waals surface area contributed by atoms with Gasteiger partial charge in [0, 0.05) is 46.7 Å². The van der Waals surface area contributed by atoms with Gasteiger partial charge in [-0.1, -0.05) is 17.2 Å². The molecule has 2 amide bonds. The number of halogens is 2. The van der Waals surface area contributed by atoms with Gasteiger partial charge >= 0.3 is 0 Å². The number of carbonyl (C=O) groups is 2. The Morgan fingerprint density at radius 1 is 1.21 bits per heavy atom. The van der Waals surface area contributed by atoms with E-state index in [0.717, 1.165) is 14.7 Å². The minimum atomic E-state index is -1.05. The fraction of sp³-hybridized carbons (Fsp3) is 0.400. The number of benzene rings is 1. The Labute approximate surface area is 213 Å². The van der Waals surface area contributed by atoms with Gasteiger partial charge in [-0.3, -0.25) is 14.6 Å². The lowest BCUT2D eigenvalue weighted by molar-refractivity contribution is -0.135. The van der Waals surface area contributed by atoms with E-state index in [1.54, 1.807) is 41.7 Å². The summed E-state index contributed by atoms with van der Waals surface area (Å²) in [5.41, 5.74) is 1.53. The summed E-state index contributed by atoms with van der Waals surface area (Å²) in [4.78, 5) is 33.3. The average molecular weight is 582 g/mol. The van der Waals surface area contributed by atoms with Gasteiger partial charge in [-0.05, 0) is 91.6 Å². The molecule has 2 aromatic rings. The van der Waals surface area contributed by atoms with Crippen molar-refractivity contribution in [2.45, 2.75) is 45.1 Å². The van der Waals surface area contributed by atoms with Crippen molar-refractivity contribution in [2.24, 2.45) is 0 Å².